The Bertz CT molecular complexity index is 506. The zero-order valence-corrected chi connectivity index (χ0v) is 9.65. The molecule has 2 heterocycles. The molecule has 0 saturated carbocycles. The van der Waals surface area contributed by atoms with Crippen LogP contribution in [0, 0.1) is 6.07 Å². The Morgan fingerprint density at radius 2 is 2.24 bits per heavy atom. The third kappa shape index (κ3) is 2.39. The first-order valence-electron chi connectivity index (χ1n) is 6.06. The molecule has 0 aliphatic carbocycles. The first kappa shape index (κ1) is 10.5. The van der Waals surface area contributed by atoms with E-state index in [9.17, 15) is 0 Å². The number of fused-ring (bicyclic) bond motifs is 1. The summed E-state index contributed by atoms with van der Waals surface area (Å²) in [6.45, 7) is 2.08. The van der Waals surface area contributed by atoms with Crippen molar-refractivity contribution in [1.29, 1.82) is 0 Å². The quantitative estimate of drug-likeness (QED) is 0.853. The fourth-order valence-corrected chi connectivity index (χ4v) is 2.15. The van der Waals surface area contributed by atoms with E-state index < -0.39 is 0 Å². The second-order valence-electron chi connectivity index (χ2n) is 4.34. The fraction of sp³-hybridized carbons (Fsp3) is 0.357. The van der Waals surface area contributed by atoms with E-state index in [4.69, 9.17) is 4.74 Å². The van der Waals surface area contributed by atoms with Gasteiger partial charge in [-0.15, -0.1) is 0 Å². The molecule has 1 aromatic carbocycles. The molecule has 17 heavy (non-hydrogen) atoms. The lowest BCUT2D eigenvalue weighted by Gasteiger charge is -2.23. The van der Waals surface area contributed by atoms with E-state index in [-0.39, 0.29) is 0 Å². The van der Waals surface area contributed by atoms with Crippen LogP contribution < -0.4 is 10.1 Å². The monoisotopic (exact) mass is 227 g/mol. The molecule has 1 saturated heterocycles. The average Bonchev–Trinajstić information content (AvgIpc) is 2.40. The van der Waals surface area contributed by atoms with Crippen LogP contribution >= 0.6 is 0 Å². The zero-order valence-electron chi connectivity index (χ0n) is 9.65. The number of rotatable bonds is 2. The molecule has 3 nitrogen and oxygen atoms in total. The van der Waals surface area contributed by atoms with Gasteiger partial charge in [0.2, 0.25) is 0 Å². The van der Waals surface area contributed by atoms with Crippen molar-refractivity contribution in [2.75, 3.05) is 13.1 Å². The molecule has 0 unspecified atom stereocenters. The van der Waals surface area contributed by atoms with E-state index in [0.29, 0.717) is 6.10 Å². The van der Waals surface area contributed by atoms with Gasteiger partial charge in [0.1, 0.15) is 11.9 Å². The lowest BCUT2D eigenvalue weighted by Crippen LogP contribution is -2.34. The summed E-state index contributed by atoms with van der Waals surface area (Å²) in [7, 11) is 0. The maximum Gasteiger partial charge on any atom is 0.129 e. The highest BCUT2D eigenvalue weighted by atomic mass is 16.5. The molecular formula is C14H15N2O. The van der Waals surface area contributed by atoms with Gasteiger partial charge in [-0.2, -0.15) is 0 Å². The number of aromatic nitrogens is 1. The smallest absolute Gasteiger partial charge is 0.129 e. The maximum atomic E-state index is 5.93. The number of benzene rings is 1. The van der Waals surface area contributed by atoms with Gasteiger partial charge in [0.05, 0.1) is 5.52 Å². The molecule has 0 atom stereocenters. The molecule has 1 radical (unpaired) electrons. The van der Waals surface area contributed by atoms with Crippen LogP contribution in [0.25, 0.3) is 10.9 Å². The summed E-state index contributed by atoms with van der Waals surface area (Å²) >= 11 is 0. The van der Waals surface area contributed by atoms with Crippen molar-refractivity contribution in [1.82, 2.24) is 10.3 Å². The molecule has 2 aromatic rings. The van der Waals surface area contributed by atoms with Crippen molar-refractivity contribution < 1.29 is 4.74 Å². The Kier molecular flexibility index (Phi) is 2.92. The van der Waals surface area contributed by atoms with Crippen molar-refractivity contribution in [3.63, 3.8) is 0 Å². The minimum atomic E-state index is 0.314. The third-order valence-electron chi connectivity index (χ3n) is 3.09. The van der Waals surface area contributed by atoms with Gasteiger partial charge in [-0.05, 0) is 38.1 Å². The number of ether oxygens (including phenoxy) is 1. The molecule has 1 aliphatic rings. The van der Waals surface area contributed by atoms with Crippen LogP contribution in [0.1, 0.15) is 12.8 Å². The van der Waals surface area contributed by atoms with E-state index in [2.05, 4.69) is 16.4 Å². The standard InChI is InChI=1S/C14H15N2O/c1-2-11-3-4-13(10-14(11)16-7-1)17-12-5-8-15-9-6-12/h1-3,7,10,12,15H,5-6,8-9H2. The summed E-state index contributed by atoms with van der Waals surface area (Å²) in [6.07, 6.45) is 4.24. The minimum Gasteiger partial charge on any atom is -0.490 e. The predicted molar refractivity (Wildman–Crippen MR) is 67.1 cm³/mol. The summed E-state index contributed by atoms with van der Waals surface area (Å²) in [5.41, 5.74) is 0.968. The molecule has 3 heteroatoms. The van der Waals surface area contributed by atoms with Crippen molar-refractivity contribution in [3.8, 4) is 5.75 Å². The van der Waals surface area contributed by atoms with Crippen LogP contribution in [0.2, 0.25) is 0 Å². The first-order chi connectivity index (χ1) is 8.42. The highest BCUT2D eigenvalue weighted by molar-refractivity contribution is 5.79. The molecule has 0 amide bonds. The summed E-state index contributed by atoms with van der Waals surface area (Å²) in [4.78, 5) is 4.32. The Labute approximate surface area is 101 Å². The molecule has 1 aromatic heterocycles. The molecule has 1 aliphatic heterocycles. The lowest BCUT2D eigenvalue weighted by atomic mass is 10.1. The van der Waals surface area contributed by atoms with Gasteiger partial charge in [0, 0.05) is 23.7 Å². The molecule has 1 N–H and O–H groups in total. The van der Waals surface area contributed by atoms with Crippen molar-refractivity contribution in [3.05, 3.63) is 36.5 Å². The number of hydrogen-bond donors (Lipinski definition) is 1. The number of piperidine rings is 1. The predicted octanol–water partition coefficient (Wildman–Crippen LogP) is 2.17. The van der Waals surface area contributed by atoms with E-state index in [1.54, 1.807) is 6.20 Å². The number of nitrogens with one attached hydrogen (secondary N) is 1. The van der Waals surface area contributed by atoms with Crippen LogP contribution in [0.4, 0.5) is 0 Å². The van der Waals surface area contributed by atoms with Crippen molar-refractivity contribution >= 4 is 10.9 Å². The van der Waals surface area contributed by atoms with Crippen LogP contribution in [0.15, 0.2) is 30.5 Å². The Balaban J connectivity index is 1.80. The highest BCUT2D eigenvalue weighted by Crippen LogP contribution is 2.20. The number of hydrogen-bond acceptors (Lipinski definition) is 3. The number of nitrogens with zero attached hydrogens (tertiary/aromatic N) is 1. The Morgan fingerprint density at radius 1 is 1.35 bits per heavy atom. The van der Waals surface area contributed by atoms with Crippen molar-refractivity contribution in [2.24, 2.45) is 0 Å². The van der Waals surface area contributed by atoms with Gasteiger partial charge in [0.25, 0.3) is 0 Å². The summed E-state index contributed by atoms with van der Waals surface area (Å²) in [5.74, 6) is 0.808. The van der Waals surface area contributed by atoms with Gasteiger partial charge in [0.15, 0.2) is 0 Å². The van der Waals surface area contributed by atoms with Crippen LogP contribution in [-0.2, 0) is 0 Å². The van der Waals surface area contributed by atoms with Crippen LogP contribution in [0.5, 0.6) is 5.75 Å². The average molecular weight is 227 g/mol. The molecule has 0 bridgehead atoms. The Morgan fingerprint density at radius 3 is 3.12 bits per heavy atom. The van der Waals surface area contributed by atoms with Gasteiger partial charge in [-0.3, -0.25) is 4.98 Å². The minimum absolute atomic E-state index is 0.314. The summed E-state index contributed by atoms with van der Waals surface area (Å²) in [5, 5.41) is 4.43. The Hall–Kier alpha value is -1.61. The van der Waals surface area contributed by atoms with Crippen LogP contribution in [0.3, 0.4) is 0 Å². The van der Waals surface area contributed by atoms with Crippen LogP contribution in [-0.4, -0.2) is 24.2 Å². The molecular weight excluding hydrogens is 212 g/mol. The SMILES string of the molecule is [c]1cc2cccnc2cc1OC1CCNCC1. The van der Waals surface area contributed by atoms with Gasteiger partial charge in [-0.1, -0.05) is 6.07 Å². The number of pyridine rings is 1. The zero-order chi connectivity index (χ0) is 11.5. The third-order valence-corrected chi connectivity index (χ3v) is 3.09. The van der Waals surface area contributed by atoms with E-state index in [0.717, 1.165) is 42.6 Å². The normalized spacial score (nSPS) is 17.2. The lowest BCUT2D eigenvalue weighted by molar-refractivity contribution is 0.162. The topological polar surface area (TPSA) is 34.1 Å². The fourth-order valence-electron chi connectivity index (χ4n) is 2.15. The molecule has 87 valence electrons. The van der Waals surface area contributed by atoms with E-state index >= 15 is 0 Å². The van der Waals surface area contributed by atoms with E-state index in [1.807, 2.05) is 24.3 Å². The van der Waals surface area contributed by atoms with E-state index in [1.165, 1.54) is 0 Å². The first-order valence-corrected chi connectivity index (χ1v) is 6.06. The summed E-state index contributed by atoms with van der Waals surface area (Å²) in [6, 6.07) is 11.1. The largest absolute Gasteiger partial charge is 0.490 e. The second kappa shape index (κ2) is 4.72. The van der Waals surface area contributed by atoms with Gasteiger partial charge < -0.3 is 10.1 Å². The highest BCUT2D eigenvalue weighted by Gasteiger charge is 2.14. The van der Waals surface area contributed by atoms with Gasteiger partial charge >= 0.3 is 0 Å². The molecule has 0 spiro atoms. The molecule has 1 fully saturated rings. The molecule has 3 rings (SSSR count). The maximum absolute atomic E-state index is 5.93. The second-order valence-corrected chi connectivity index (χ2v) is 4.34. The van der Waals surface area contributed by atoms with Crippen molar-refractivity contribution in [2.45, 2.75) is 18.9 Å². The van der Waals surface area contributed by atoms with Gasteiger partial charge in [-0.25, -0.2) is 0 Å². The summed E-state index contributed by atoms with van der Waals surface area (Å²) < 4.78 is 5.93.